The Morgan fingerprint density at radius 1 is 1.40 bits per heavy atom. The largest absolute Gasteiger partial charge is 0.392 e. The summed E-state index contributed by atoms with van der Waals surface area (Å²) in [5, 5.41) is 12.6. The van der Waals surface area contributed by atoms with Crippen molar-refractivity contribution in [2.75, 3.05) is 6.54 Å². The molecule has 1 heterocycles. The Kier molecular flexibility index (Phi) is 3.16. The fraction of sp³-hybridized carbons (Fsp3) is 1.00. The van der Waals surface area contributed by atoms with Crippen molar-refractivity contribution in [1.82, 2.24) is 5.32 Å². The summed E-state index contributed by atoms with van der Waals surface area (Å²) in [7, 11) is 0. The predicted molar refractivity (Wildman–Crippen MR) is 41.9 cm³/mol. The maximum atomic E-state index is 9.24. The van der Waals surface area contributed by atoms with E-state index in [0.717, 1.165) is 13.0 Å². The molecular formula is C8H17NO. The van der Waals surface area contributed by atoms with Gasteiger partial charge in [0.1, 0.15) is 0 Å². The smallest absolute Gasteiger partial charge is 0.0665 e. The predicted octanol–water partition coefficient (Wildman–Crippen LogP) is 0.899. The van der Waals surface area contributed by atoms with E-state index in [1.807, 2.05) is 6.92 Å². The molecule has 2 unspecified atom stereocenters. The van der Waals surface area contributed by atoms with Gasteiger partial charge < -0.3 is 10.4 Å². The van der Waals surface area contributed by atoms with Crippen molar-refractivity contribution in [1.29, 1.82) is 0 Å². The highest BCUT2D eigenvalue weighted by molar-refractivity contribution is 4.74. The van der Waals surface area contributed by atoms with E-state index in [1.165, 1.54) is 19.3 Å². The molecule has 1 saturated heterocycles. The van der Waals surface area contributed by atoms with Crippen LogP contribution in [0.25, 0.3) is 0 Å². The van der Waals surface area contributed by atoms with E-state index in [0.29, 0.717) is 6.04 Å². The first-order valence-corrected chi connectivity index (χ1v) is 4.22. The van der Waals surface area contributed by atoms with Crippen LogP contribution in [0.5, 0.6) is 0 Å². The van der Waals surface area contributed by atoms with Crippen molar-refractivity contribution in [2.45, 2.75) is 44.8 Å². The highest BCUT2D eigenvalue weighted by Gasteiger charge is 2.15. The van der Waals surface area contributed by atoms with Crippen molar-refractivity contribution in [3.05, 3.63) is 0 Å². The Bertz CT molecular complexity index is 85.3. The Hall–Kier alpha value is -0.0800. The molecule has 2 atom stereocenters. The van der Waals surface area contributed by atoms with Crippen LogP contribution >= 0.6 is 0 Å². The number of hydrogen-bond donors (Lipinski definition) is 2. The van der Waals surface area contributed by atoms with Gasteiger partial charge in [-0.1, -0.05) is 12.8 Å². The lowest BCUT2D eigenvalue weighted by Crippen LogP contribution is -2.37. The summed E-state index contributed by atoms with van der Waals surface area (Å²) in [5.41, 5.74) is 0. The number of nitrogens with one attached hydrogen (secondary N) is 1. The van der Waals surface area contributed by atoms with Crippen molar-refractivity contribution < 1.29 is 5.11 Å². The molecule has 0 bridgehead atoms. The van der Waals surface area contributed by atoms with Gasteiger partial charge >= 0.3 is 0 Å². The summed E-state index contributed by atoms with van der Waals surface area (Å²) in [5.74, 6) is 0. The number of rotatable bonds is 1. The van der Waals surface area contributed by atoms with Crippen LogP contribution in [0, 0.1) is 0 Å². The first-order chi connectivity index (χ1) is 4.80. The van der Waals surface area contributed by atoms with E-state index in [9.17, 15) is 5.11 Å². The summed E-state index contributed by atoms with van der Waals surface area (Å²) >= 11 is 0. The SMILES string of the molecule is CC(O)C1CCCCCN1. The number of aliphatic hydroxyl groups is 1. The summed E-state index contributed by atoms with van der Waals surface area (Å²) < 4.78 is 0. The first-order valence-electron chi connectivity index (χ1n) is 4.22. The molecule has 10 heavy (non-hydrogen) atoms. The third kappa shape index (κ3) is 2.27. The van der Waals surface area contributed by atoms with E-state index in [2.05, 4.69) is 5.32 Å². The molecule has 1 aliphatic heterocycles. The molecule has 0 spiro atoms. The van der Waals surface area contributed by atoms with Crippen molar-refractivity contribution >= 4 is 0 Å². The molecule has 2 nitrogen and oxygen atoms in total. The molecule has 2 heteroatoms. The molecule has 0 saturated carbocycles. The van der Waals surface area contributed by atoms with Crippen LogP contribution in [0.15, 0.2) is 0 Å². The second kappa shape index (κ2) is 3.94. The van der Waals surface area contributed by atoms with Gasteiger partial charge in [-0.05, 0) is 26.3 Å². The molecule has 0 amide bonds. The van der Waals surface area contributed by atoms with Gasteiger partial charge in [-0.3, -0.25) is 0 Å². The lowest BCUT2D eigenvalue weighted by atomic mass is 10.1. The van der Waals surface area contributed by atoms with Gasteiger partial charge in [-0.15, -0.1) is 0 Å². The minimum absolute atomic E-state index is 0.182. The molecule has 0 radical (unpaired) electrons. The highest BCUT2D eigenvalue weighted by atomic mass is 16.3. The van der Waals surface area contributed by atoms with Crippen LogP contribution in [-0.4, -0.2) is 23.8 Å². The Morgan fingerprint density at radius 2 is 2.20 bits per heavy atom. The van der Waals surface area contributed by atoms with Crippen molar-refractivity contribution in [2.24, 2.45) is 0 Å². The molecule has 0 aromatic heterocycles. The van der Waals surface area contributed by atoms with E-state index < -0.39 is 0 Å². The third-order valence-electron chi connectivity index (χ3n) is 2.18. The molecule has 1 fully saturated rings. The van der Waals surface area contributed by atoms with Gasteiger partial charge in [0.05, 0.1) is 6.10 Å². The van der Waals surface area contributed by atoms with E-state index in [-0.39, 0.29) is 6.10 Å². The second-order valence-corrected chi connectivity index (χ2v) is 3.15. The zero-order valence-electron chi connectivity index (χ0n) is 6.64. The van der Waals surface area contributed by atoms with Crippen LogP contribution < -0.4 is 5.32 Å². The molecule has 0 aromatic carbocycles. The Labute approximate surface area is 62.6 Å². The third-order valence-corrected chi connectivity index (χ3v) is 2.18. The fourth-order valence-corrected chi connectivity index (χ4v) is 1.47. The maximum Gasteiger partial charge on any atom is 0.0665 e. The van der Waals surface area contributed by atoms with Gasteiger partial charge in [0.15, 0.2) is 0 Å². The van der Waals surface area contributed by atoms with Gasteiger partial charge in [0.25, 0.3) is 0 Å². The molecule has 1 rings (SSSR count). The summed E-state index contributed by atoms with van der Waals surface area (Å²) in [6.07, 6.45) is 4.80. The van der Waals surface area contributed by atoms with Gasteiger partial charge in [-0.25, -0.2) is 0 Å². The average molecular weight is 143 g/mol. The van der Waals surface area contributed by atoms with Crippen LogP contribution in [0.4, 0.5) is 0 Å². The van der Waals surface area contributed by atoms with Crippen LogP contribution in [0.2, 0.25) is 0 Å². The molecular weight excluding hydrogens is 126 g/mol. The molecule has 0 aromatic rings. The quantitative estimate of drug-likeness (QED) is 0.571. The van der Waals surface area contributed by atoms with E-state index in [4.69, 9.17) is 0 Å². The molecule has 60 valence electrons. The number of hydrogen-bond acceptors (Lipinski definition) is 2. The zero-order valence-corrected chi connectivity index (χ0v) is 6.64. The standard InChI is InChI=1S/C8H17NO/c1-7(10)8-5-3-2-4-6-9-8/h7-10H,2-6H2,1H3. The maximum absolute atomic E-state index is 9.24. The average Bonchev–Trinajstić information content (AvgIpc) is 2.12. The molecule has 0 aliphatic carbocycles. The second-order valence-electron chi connectivity index (χ2n) is 3.15. The van der Waals surface area contributed by atoms with E-state index >= 15 is 0 Å². The zero-order chi connectivity index (χ0) is 7.40. The minimum Gasteiger partial charge on any atom is -0.392 e. The van der Waals surface area contributed by atoms with Gasteiger partial charge in [0.2, 0.25) is 0 Å². The Balaban J connectivity index is 2.28. The lowest BCUT2D eigenvalue weighted by Gasteiger charge is -2.18. The Morgan fingerprint density at radius 3 is 2.90 bits per heavy atom. The first kappa shape index (κ1) is 8.02. The van der Waals surface area contributed by atoms with Crippen molar-refractivity contribution in [3.8, 4) is 0 Å². The summed E-state index contributed by atoms with van der Waals surface area (Å²) in [4.78, 5) is 0. The monoisotopic (exact) mass is 143 g/mol. The highest BCUT2D eigenvalue weighted by Crippen LogP contribution is 2.10. The molecule has 1 aliphatic rings. The van der Waals surface area contributed by atoms with Crippen molar-refractivity contribution in [3.63, 3.8) is 0 Å². The minimum atomic E-state index is -0.182. The summed E-state index contributed by atoms with van der Waals surface area (Å²) in [6.45, 7) is 2.94. The number of aliphatic hydroxyl groups excluding tert-OH is 1. The lowest BCUT2D eigenvalue weighted by molar-refractivity contribution is 0.143. The van der Waals surface area contributed by atoms with Crippen LogP contribution in [0.1, 0.15) is 32.6 Å². The van der Waals surface area contributed by atoms with E-state index in [1.54, 1.807) is 0 Å². The molecule has 2 N–H and O–H groups in total. The van der Waals surface area contributed by atoms with Gasteiger partial charge in [-0.2, -0.15) is 0 Å². The summed E-state index contributed by atoms with van der Waals surface area (Å²) in [6, 6.07) is 0.350. The van der Waals surface area contributed by atoms with Crippen LogP contribution in [-0.2, 0) is 0 Å². The van der Waals surface area contributed by atoms with Gasteiger partial charge in [0, 0.05) is 6.04 Å². The fourth-order valence-electron chi connectivity index (χ4n) is 1.47. The topological polar surface area (TPSA) is 32.3 Å². The van der Waals surface area contributed by atoms with Crippen LogP contribution in [0.3, 0.4) is 0 Å². The normalized spacial score (nSPS) is 31.2.